The number of urea groups is 1. The van der Waals surface area contributed by atoms with Crippen molar-refractivity contribution < 1.29 is 19.2 Å². The largest absolute Gasteiger partial charge is 0.496 e. The molecule has 10 nitrogen and oxygen atoms in total. The highest BCUT2D eigenvalue weighted by molar-refractivity contribution is 6.20. The third kappa shape index (κ3) is 4.42. The van der Waals surface area contributed by atoms with Crippen molar-refractivity contribution in [3.63, 3.8) is 0 Å². The summed E-state index contributed by atoms with van der Waals surface area (Å²) in [5.41, 5.74) is 2.30. The molecule has 4 rings (SSSR count). The van der Waals surface area contributed by atoms with E-state index in [1.165, 1.54) is 30.2 Å². The van der Waals surface area contributed by atoms with Crippen molar-refractivity contribution in [2.45, 2.75) is 6.17 Å². The van der Waals surface area contributed by atoms with E-state index in [1.54, 1.807) is 13.1 Å². The van der Waals surface area contributed by atoms with Gasteiger partial charge in [-0.15, -0.1) is 0 Å². The van der Waals surface area contributed by atoms with E-state index in [2.05, 4.69) is 15.6 Å². The summed E-state index contributed by atoms with van der Waals surface area (Å²) in [4.78, 5) is 42.8. The number of carbonyl (C=O) groups is 2. The summed E-state index contributed by atoms with van der Waals surface area (Å²) < 4.78 is 5.01. The number of nitro groups is 1. The summed E-state index contributed by atoms with van der Waals surface area (Å²) in [5.74, 6) is -0.189. The van der Waals surface area contributed by atoms with Crippen LogP contribution in [0.15, 0.2) is 77.8 Å². The Morgan fingerprint density at radius 1 is 1.09 bits per heavy atom. The maximum Gasteiger partial charge on any atom is 0.321 e. The molecule has 3 amide bonds. The monoisotopic (exact) mass is 459 g/mol. The Bertz CT molecular complexity index is 1290. The summed E-state index contributed by atoms with van der Waals surface area (Å²) in [6, 6.07) is 19.8. The average molecular weight is 459 g/mol. The Labute approximate surface area is 195 Å². The molecule has 0 bridgehead atoms. The zero-order valence-corrected chi connectivity index (χ0v) is 18.4. The minimum atomic E-state index is -1.26. The first kappa shape index (κ1) is 22.5. The third-order valence-electron chi connectivity index (χ3n) is 5.31. The Kier molecular flexibility index (Phi) is 6.22. The second kappa shape index (κ2) is 9.41. The second-order valence-corrected chi connectivity index (χ2v) is 7.40. The SMILES string of the molecule is COc1ccc(NC(=O)N[C@@H]2N=C(c3ccccc3)c3ccccc3N(C)C2=O)c([N+](=O)[O-])c1. The van der Waals surface area contributed by atoms with Crippen molar-refractivity contribution in [3.05, 3.63) is 94.0 Å². The molecule has 1 aliphatic rings. The van der Waals surface area contributed by atoms with Crippen molar-refractivity contribution in [2.24, 2.45) is 4.99 Å². The number of nitro benzene ring substituents is 1. The highest BCUT2D eigenvalue weighted by atomic mass is 16.6. The van der Waals surface area contributed by atoms with Crippen molar-refractivity contribution in [1.29, 1.82) is 0 Å². The molecule has 0 saturated heterocycles. The number of rotatable bonds is 5. The van der Waals surface area contributed by atoms with Crippen molar-refractivity contribution in [2.75, 3.05) is 24.4 Å². The number of aliphatic imine (C=N–C) groups is 1. The van der Waals surface area contributed by atoms with Gasteiger partial charge in [0, 0.05) is 18.2 Å². The van der Waals surface area contributed by atoms with Crippen LogP contribution in [0.4, 0.5) is 21.9 Å². The van der Waals surface area contributed by atoms with Crippen molar-refractivity contribution in [3.8, 4) is 5.75 Å². The molecule has 0 radical (unpaired) electrons. The van der Waals surface area contributed by atoms with Crippen LogP contribution >= 0.6 is 0 Å². The summed E-state index contributed by atoms with van der Waals surface area (Å²) in [7, 11) is 2.99. The van der Waals surface area contributed by atoms with Crippen LogP contribution in [0.1, 0.15) is 11.1 Å². The van der Waals surface area contributed by atoms with E-state index in [0.717, 1.165) is 11.1 Å². The second-order valence-electron chi connectivity index (χ2n) is 7.40. The van der Waals surface area contributed by atoms with Gasteiger partial charge < -0.3 is 20.3 Å². The number of ether oxygens (including phenoxy) is 1. The zero-order valence-electron chi connectivity index (χ0n) is 18.4. The van der Waals surface area contributed by atoms with Gasteiger partial charge in [-0.2, -0.15) is 0 Å². The maximum absolute atomic E-state index is 13.2. The average Bonchev–Trinajstić information content (AvgIpc) is 2.95. The van der Waals surface area contributed by atoms with Gasteiger partial charge in [-0.3, -0.25) is 14.9 Å². The fourth-order valence-corrected chi connectivity index (χ4v) is 3.62. The quantitative estimate of drug-likeness (QED) is 0.446. The lowest BCUT2D eigenvalue weighted by molar-refractivity contribution is -0.384. The number of fused-ring (bicyclic) bond motifs is 1. The smallest absolute Gasteiger partial charge is 0.321 e. The number of anilines is 2. The van der Waals surface area contributed by atoms with Gasteiger partial charge in [0.25, 0.3) is 11.6 Å². The number of hydrogen-bond donors (Lipinski definition) is 2. The van der Waals surface area contributed by atoms with Gasteiger partial charge in [0.2, 0.25) is 6.17 Å². The minimum absolute atomic E-state index is 0.0479. The van der Waals surface area contributed by atoms with Gasteiger partial charge in [0.1, 0.15) is 11.4 Å². The van der Waals surface area contributed by atoms with Crippen LogP contribution in [0.5, 0.6) is 5.75 Å². The van der Waals surface area contributed by atoms with Gasteiger partial charge in [0.05, 0.1) is 29.5 Å². The lowest BCUT2D eigenvalue weighted by Crippen LogP contribution is -2.47. The third-order valence-corrected chi connectivity index (χ3v) is 5.31. The maximum atomic E-state index is 13.2. The Balaban J connectivity index is 1.67. The van der Waals surface area contributed by atoms with Crippen LogP contribution in [-0.2, 0) is 4.79 Å². The molecule has 172 valence electrons. The molecule has 3 aromatic carbocycles. The van der Waals surface area contributed by atoms with Crippen LogP contribution < -0.4 is 20.3 Å². The highest BCUT2D eigenvalue weighted by Gasteiger charge is 2.31. The molecule has 0 saturated carbocycles. The van der Waals surface area contributed by atoms with E-state index < -0.39 is 23.0 Å². The van der Waals surface area contributed by atoms with Gasteiger partial charge in [-0.05, 0) is 18.2 Å². The molecule has 0 unspecified atom stereocenters. The fraction of sp³-hybridized carbons (Fsp3) is 0.125. The fourth-order valence-electron chi connectivity index (χ4n) is 3.62. The lowest BCUT2D eigenvalue weighted by atomic mass is 10.0. The van der Waals surface area contributed by atoms with E-state index in [1.807, 2.05) is 48.5 Å². The van der Waals surface area contributed by atoms with Crippen molar-refractivity contribution in [1.82, 2.24) is 5.32 Å². The molecule has 1 heterocycles. The number of nitrogens with one attached hydrogen (secondary N) is 2. The lowest BCUT2D eigenvalue weighted by Gasteiger charge is -2.21. The first-order valence-electron chi connectivity index (χ1n) is 10.3. The van der Waals surface area contributed by atoms with Crippen LogP contribution in [0.3, 0.4) is 0 Å². The van der Waals surface area contributed by atoms with Gasteiger partial charge >= 0.3 is 6.03 Å². The summed E-state index contributed by atoms with van der Waals surface area (Å²) in [6.45, 7) is 0. The standard InChI is InChI=1S/C24H21N5O5/c1-28-19-11-7-6-10-17(19)21(15-8-4-3-5-9-15)26-22(23(28)30)27-24(31)25-18-13-12-16(34-2)14-20(18)29(32)33/h3-14,22H,1-2H3,(H2,25,27,31)/t22-/m0/s1. The molecular formula is C24H21N5O5. The number of benzene rings is 3. The first-order chi connectivity index (χ1) is 16.4. The minimum Gasteiger partial charge on any atom is -0.496 e. The molecular weight excluding hydrogens is 438 g/mol. The summed E-state index contributed by atoms with van der Waals surface area (Å²) in [5, 5.41) is 16.4. The number of amides is 3. The van der Waals surface area contributed by atoms with E-state index in [0.29, 0.717) is 11.4 Å². The molecule has 2 N–H and O–H groups in total. The molecule has 34 heavy (non-hydrogen) atoms. The summed E-state index contributed by atoms with van der Waals surface area (Å²) >= 11 is 0. The number of likely N-dealkylation sites (N-methyl/N-ethyl adjacent to an activating group) is 1. The molecule has 1 aliphatic heterocycles. The number of methoxy groups -OCH3 is 1. The van der Waals surface area contributed by atoms with Gasteiger partial charge in [-0.25, -0.2) is 9.79 Å². The Morgan fingerprint density at radius 3 is 2.50 bits per heavy atom. The molecule has 0 aliphatic carbocycles. The number of carbonyl (C=O) groups excluding carboxylic acids is 2. The highest BCUT2D eigenvalue weighted by Crippen LogP contribution is 2.29. The van der Waals surface area contributed by atoms with Crippen LogP contribution in [0.2, 0.25) is 0 Å². The topological polar surface area (TPSA) is 126 Å². The number of nitrogens with zero attached hydrogens (tertiary/aromatic N) is 3. The van der Waals surface area contributed by atoms with Crippen LogP contribution in [0, 0.1) is 10.1 Å². The number of hydrogen-bond acceptors (Lipinski definition) is 6. The number of para-hydroxylation sites is 1. The molecule has 0 fully saturated rings. The Hall–Kier alpha value is -4.73. The van der Waals surface area contributed by atoms with Crippen molar-refractivity contribution >= 4 is 34.7 Å². The van der Waals surface area contributed by atoms with E-state index in [4.69, 9.17) is 4.74 Å². The van der Waals surface area contributed by atoms with Gasteiger partial charge in [-0.1, -0.05) is 48.5 Å². The number of benzodiazepines with no additional fused rings is 1. The zero-order chi connectivity index (χ0) is 24.2. The molecule has 3 aromatic rings. The van der Waals surface area contributed by atoms with E-state index >= 15 is 0 Å². The van der Waals surface area contributed by atoms with Crippen LogP contribution in [0.25, 0.3) is 0 Å². The van der Waals surface area contributed by atoms with Gasteiger partial charge in [0.15, 0.2) is 0 Å². The molecule has 10 heteroatoms. The predicted molar refractivity (Wildman–Crippen MR) is 128 cm³/mol. The summed E-state index contributed by atoms with van der Waals surface area (Å²) in [6.07, 6.45) is -1.26. The molecule has 1 atom stereocenters. The van der Waals surface area contributed by atoms with E-state index in [9.17, 15) is 19.7 Å². The molecule has 0 aromatic heterocycles. The van der Waals surface area contributed by atoms with Crippen LogP contribution in [-0.4, -0.2) is 42.9 Å². The van der Waals surface area contributed by atoms with E-state index in [-0.39, 0.29) is 17.1 Å². The Morgan fingerprint density at radius 2 is 1.79 bits per heavy atom. The normalized spacial score (nSPS) is 15.0. The predicted octanol–water partition coefficient (Wildman–Crippen LogP) is 3.57. The first-order valence-corrected chi connectivity index (χ1v) is 10.3. The molecule has 0 spiro atoms.